The Balaban J connectivity index is 2.48. The first-order valence-electron chi connectivity index (χ1n) is 2.60. The SMILES string of the molecule is [c]1ncn(-n2cncn2)n1. The number of rotatable bonds is 1. The van der Waals surface area contributed by atoms with Gasteiger partial charge in [-0.3, -0.25) is 0 Å². The van der Waals surface area contributed by atoms with Gasteiger partial charge in [-0.2, -0.15) is 0 Å². The van der Waals surface area contributed by atoms with Crippen molar-refractivity contribution in [3.63, 3.8) is 0 Å². The van der Waals surface area contributed by atoms with Crippen LogP contribution in [0.15, 0.2) is 19.0 Å². The van der Waals surface area contributed by atoms with Crippen LogP contribution in [0.1, 0.15) is 0 Å². The summed E-state index contributed by atoms with van der Waals surface area (Å²) in [5.74, 6) is 0. The van der Waals surface area contributed by atoms with Crippen LogP contribution in [0.2, 0.25) is 0 Å². The van der Waals surface area contributed by atoms with E-state index in [-0.39, 0.29) is 0 Å². The van der Waals surface area contributed by atoms with Gasteiger partial charge in [-0.25, -0.2) is 9.97 Å². The lowest BCUT2D eigenvalue weighted by Crippen LogP contribution is -2.09. The number of aromatic nitrogens is 6. The van der Waals surface area contributed by atoms with E-state index < -0.39 is 0 Å². The summed E-state index contributed by atoms with van der Waals surface area (Å²) in [5.41, 5.74) is 0. The van der Waals surface area contributed by atoms with E-state index in [1.165, 1.54) is 28.6 Å². The van der Waals surface area contributed by atoms with Crippen LogP contribution in [0.25, 0.3) is 0 Å². The van der Waals surface area contributed by atoms with Crippen molar-refractivity contribution in [2.75, 3.05) is 0 Å². The molecule has 2 rings (SSSR count). The zero-order valence-electron chi connectivity index (χ0n) is 4.92. The molecule has 0 amide bonds. The van der Waals surface area contributed by atoms with Gasteiger partial charge in [-0.15, -0.1) is 19.8 Å². The molecule has 0 aliphatic carbocycles. The fourth-order valence-corrected chi connectivity index (χ4v) is 0.581. The van der Waals surface area contributed by atoms with Crippen molar-refractivity contribution in [3.8, 4) is 0 Å². The van der Waals surface area contributed by atoms with Crippen molar-refractivity contribution in [1.29, 1.82) is 0 Å². The molecule has 2 aromatic heterocycles. The van der Waals surface area contributed by atoms with Crippen molar-refractivity contribution in [2.45, 2.75) is 0 Å². The highest BCUT2D eigenvalue weighted by molar-refractivity contribution is 4.60. The highest BCUT2D eigenvalue weighted by Crippen LogP contribution is 1.79. The molecule has 6 nitrogen and oxygen atoms in total. The van der Waals surface area contributed by atoms with Gasteiger partial charge in [0, 0.05) is 0 Å². The average molecular weight is 135 g/mol. The number of hydrogen-bond donors (Lipinski definition) is 0. The Bertz CT molecular complexity index is 249. The second-order valence-electron chi connectivity index (χ2n) is 1.58. The first-order chi connectivity index (χ1) is 4.97. The van der Waals surface area contributed by atoms with Crippen LogP contribution in [0.4, 0.5) is 0 Å². The largest absolute Gasteiger partial charge is 0.223 e. The highest BCUT2D eigenvalue weighted by atomic mass is 15.7. The van der Waals surface area contributed by atoms with Gasteiger partial charge in [-0.05, 0) is 0 Å². The fourth-order valence-electron chi connectivity index (χ4n) is 0.581. The topological polar surface area (TPSA) is 61.4 Å². The van der Waals surface area contributed by atoms with E-state index >= 15 is 0 Å². The molecular weight excluding hydrogens is 132 g/mol. The van der Waals surface area contributed by atoms with E-state index in [4.69, 9.17) is 0 Å². The van der Waals surface area contributed by atoms with Gasteiger partial charge in [0.05, 0.1) is 0 Å². The van der Waals surface area contributed by atoms with Crippen molar-refractivity contribution in [2.24, 2.45) is 0 Å². The Morgan fingerprint density at radius 3 is 2.80 bits per heavy atom. The van der Waals surface area contributed by atoms with Gasteiger partial charge < -0.3 is 0 Å². The Hall–Kier alpha value is -1.72. The van der Waals surface area contributed by atoms with Gasteiger partial charge in [-0.1, -0.05) is 0 Å². The van der Waals surface area contributed by atoms with E-state index in [1.54, 1.807) is 0 Å². The van der Waals surface area contributed by atoms with E-state index in [0.29, 0.717) is 0 Å². The number of hydrogen-bond acceptors (Lipinski definition) is 4. The van der Waals surface area contributed by atoms with Crippen LogP contribution in [0, 0.1) is 6.33 Å². The molecule has 0 N–H and O–H groups in total. The van der Waals surface area contributed by atoms with E-state index in [0.717, 1.165) is 0 Å². The summed E-state index contributed by atoms with van der Waals surface area (Å²) >= 11 is 0. The van der Waals surface area contributed by atoms with Gasteiger partial charge in [0.25, 0.3) is 0 Å². The monoisotopic (exact) mass is 135 g/mol. The van der Waals surface area contributed by atoms with Gasteiger partial charge in [0.2, 0.25) is 6.33 Å². The molecule has 0 aliphatic rings. The van der Waals surface area contributed by atoms with Gasteiger partial charge in [0.15, 0.2) is 0 Å². The molecule has 0 fully saturated rings. The first kappa shape index (κ1) is 5.10. The molecule has 0 saturated carbocycles. The maximum absolute atomic E-state index is 3.80. The summed E-state index contributed by atoms with van der Waals surface area (Å²) < 4.78 is 0. The molecule has 0 aliphatic heterocycles. The Labute approximate surface area is 56.1 Å². The summed E-state index contributed by atoms with van der Waals surface area (Å²) in [7, 11) is 0. The first-order valence-corrected chi connectivity index (χ1v) is 2.60. The van der Waals surface area contributed by atoms with Crippen molar-refractivity contribution in [1.82, 2.24) is 29.7 Å². The lowest BCUT2D eigenvalue weighted by molar-refractivity contribution is 0.504. The molecule has 1 radical (unpaired) electrons. The van der Waals surface area contributed by atoms with Crippen LogP contribution < -0.4 is 0 Å². The lowest BCUT2D eigenvalue weighted by atomic mass is 11.3. The second-order valence-corrected chi connectivity index (χ2v) is 1.58. The quantitative estimate of drug-likeness (QED) is 0.502. The van der Waals surface area contributed by atoms with Crippen molar-refractivity contribution < 1.29 is 0 Å². The highest BCUT2D eigenvalue weighted by Gasteiger charge is 1.91. The summed E-state index contributed by atoms with van der Waals surface area (Å²) in [6.07, 6.45) is 6.81. The summed E-state index contributed by atoms with van der Waals surface area (Å²) in [4.78, 5) is 10.2. The minimum absolute atomic E-state index is 1.41. The summed E-state index contributed by atoms with van der Waals surface area (Å²) in [5, 5.41) is 7.50. The summed E-state index contributed by atoms with van der Waals surface area (Å²) in [6, 6.07) is 0. The lowest BCUT2D eigenvalue weighted by Gasteiger charge is -1.93. The maximum Gasteiger partial charge on any atom is 0.223 e. The predicted molar refractivity (Wildman–Crippen MR) is 29.7 cm³/mol. The van der Waals surface area contributed by atoms with Crippen molar-refractivity contribution >= 4 is 0 Å². The van der Waals surface area contributed by atoms with E-state index in [1.807, 2.05) is 0 Å². The van der Waals surface area contributed by atoms with Gasteiger partial charge >= 0.3 is 0 Å². The van der Waals surface area contributed by atoms with Crippen LogP contribution in [-0.2, 0) is 0 Å². The zero-order chi connectivity index (χ0) is 6.81. The third kappa shape index (κ3) is 0.661. The summed E-state index contributed by atoms with van der Waals surface area (Å²) in [6.45, 7) is 0. The number of nitrogens with zero attached hydrogens (tertiary/aromatic N) is 6. The minimum atomic E-state index is 1.41. The molecule has 0 unspecified atom stereocenters. The normalized spacial score (nSPS) is 10.0. The zero-order valence-corrected chi connectivity index (χ0v) is 4.92. The fraction of sp³-hybridized carbons (Fsp3) is 0. The molecule has 0 aromatic carbocycles. The van der Waals surface area contributed by atoms with Gasteiger partial charge in [0.1, 0.15) is 19.0 Å². The molecule has 0 atom stereocenters. The molecule has 0 bridgehead atoms. The van der Waals surface area contributed by atoms with E-state index in [2.05, 4.69) is 26.5 Å². The molecular formula is C4H3N6. The van der Waals surface area contributed by atoms with Crippen LogP contribution in [0.5, 0.6) is 0 Å². The third-order valence-electron chi connectivity index (χ3n) is 0.982. The molecule has 49 valence electrons. The smallest absolute Gasteiger partial charge is 0.221 e. The molecule has 2 heterocycles. The molecule has 0 saturated heterocycles. The molecule has 2 aromatic rings. The Morgan fingerprint density at radius 1 is 1.20 bits per heavy atom. The minimum Gasteiger partial charge on any atom is -0.221 e. The second kappa shape index (κ2) is 1.90. The molecule has 10 heavy (non-hydrogen) atoms. The predicted octanol–water partition coefficient (Wildman–Crippen LogP) is -1.02. The standard InChI is InChI=1S/C4H3N6/c1-5-3-9(7-1)10-4-6-2-8-10/h1,3-4H. The maximum atomic E-state index is 3.80. The van der Waals surface area contributed by atoms with Crippen molar-refractivity contribution in [3.05, 3.63) is 25.3 Å². The van der Waals surface area contributed by atoms with Crippen LogP contribution >= 0.6 is 0 Å². The molecule has 0 spiro atoms. The molecule has 6 heteroatoms. The third-order valence-corrected chi connectivity index (χ3v) is 0.982. The van der Waals surface area contributed by atoms with Crippen LogP contribution in [-0.4, -0.2) is 29.7 Å². The average Bonchev–Trinajstić information content (AvgIpc) is 2.59. The Kier molecular flexibility index (Phi) is 0.970. The Morgan fingerprint density at radius 2 is 2.20 bits per heavy atom. The van der Waals surface area contributed by atoms with Crippen LogP contribution in [0.3, 0.4) is 0 Å². The van der Waals surface area contributed by atoms with E-state index in [9.17, 15) is 0 Å².